The molecule has 1 heterocycles. The molecule has 4 aromatic carbocycles. The summed E-state index contributed by atoms with van der Waals surface area (Å²) in [6, 6.07) is 41.1. The molecule has 0 aliphatic carbocycles. The van der Waals surface area contributed by atoms with Gasteiger partial charge in [0, 0.05) is 6.54 Å². The predicted octanol–water partition coefficient (Wildman–Crippen LogP) is 7.65. The lowest BCUT2D eigenvalue weighted by molar-refractivity contribution is -0.175. The molecule has 1 aliphatic heterocycles. The van der Waals surface area contributed by atoms with Crippen molar-refractivity contribution in [1.29, 1.82) is 0 Å². The van der Waals surface area contributed by atoms with E-state index >= 15 is 0 Å². The second-order valence-corrected chi connectivity index (χ2v) is 12.2. The SMILES string of the molecule is CC(C)(C)OC(=O)NC[C@@H]1CC[C@H](OCc2ccccc2)[C@@H](COC(c2ccccc2)(c2ccccc2)c2ccccc2)O1. The number of carbonyl (C=O) groups excluding carboxylic acids is 1. The smallest absolute Gasteiger partial charge is 0.407 e. The maximum absolute atomic E-state index is 12.4. The zero-order chi connectivity index (χ0) is 30.8. The van der Waals surface area contributed by atoms with Crippen LogP contribution < -0.4 is 5.32 Å². The standard InChI is InChI=1S/C38H43NO5/c1-37(2,3)44-36(40)39-26-33-24-25-34(41-27-29-16-8-4-9-17-29)35(43-33)28-42-38(30-18-10-5-11-19-30,31-20-12-6-13-21-31)32-22-14-7-15-23-32/h4-23,33-35H,24-28H2,1-3H3,(H,39,40)/t33-,34-,35+/m0/s1. The molecule has 0 spiro atoms. The Labute approximate surface area is 261 Å². The summed E-state index contributed by atoms with van der Waals surface area (Å²) in [6.07, 6.45) is 0.310. The van der Waals surface area contributed by atoms with Crippen molar-refractivity contribution < 1.29 is 23.7 Å². The second-order valence-electron chi connectivity index (χ2n) is 12.2. The van der Waals surface area contributed by atoms with Gasteiger partial charge in [0.25, 0.3) is 0 Å². The van der Waals surface area contributed by atoms with Crippen molar-refractivity contribution in [3.8, 4) is 0 Å². The average molecular weight is 594 g/mol. The molecule has 6 nitrogen and oxygen atoms in total. The van der Waals surface area contributed by atoms with Gasteiger partial charge in [-0.3, -0.25) is 0 Å². The maximum atomic E-state index is 12.4. The number of alkyl carbamates (subject to hydrolysis) is 1. The number of amides is 1. The van der Waals surface area contributed by atoms with Crippen LogP contribution in [0, 0.1) is 0 Å². The van der Waals surface area contributed by atoms with Crippen molar-refractivity contribution in [2.24, 2.45) is 0 Å². The summed E-state index contributed by atoms with van der Waals surface area (Å²) in [6.45, 7) is 6.66. The fourth-order valence-electron chi connectivity index (χ4n) is 5.69. The third kappa shape index (κ3) is 8.14. The molecule has 1 aliphatic rings. The molecule has 0 unspecified atom stereocenters. The Bertz CT molecular complexity index is 1330. The molecule has 0 saturated carbocycles. The van der Waals surface area contributed by atoms with Crippen LogP contribution in [-0.4, -0.2) is 43.2 Å². The summed E-state index contributed by atoms with van der Waals surface area (Å²) in [5.41, 5.74) is 2.74. The van der Waals surface area contributed by atoms with Crippen molar-refractivity contribution in [2.75, 3.05) is 13.2 Å². The Balaban J connectivity index is 1.42. The van der Waals surface area contributed by atoms with Crippen LogP contribution in [0.5, 0.6) is 0 Å². The zero-order valence-electron chi connectivity index (χ0n) is 25.9. The van der Waals surface area contributed by atoms with Crippen molar-refractivity contribution >= 4 is 6.09 Å². The van der Waals surface area contributed by atoms with Gasteiger partial charge < -0.3 is 24.3 Å². The summed E-state index contributed by atoms with van der Waals surface area (Å²) < 4.78 is 25.7. The molecule has 3 atom stereocenters. The van der Waals surface area contributed by atoms with Gasteiger partial charge in [0.15, 0.2) is 0 Å². The quantitative estimate of drug-likeness (QED) is 0.181. The van der Waals surface area contributed by atoms with Gasteiger partial charge in [0.05, 0.1) is 25.4 Å². The van der Waals surface area contributed by atoms with Gasteiger partial charge in [-0.05, 0) is 55.9 Å². The molecule has 0 radical (unpaired) electrons. The first-order valence-corrected chi connectivity index (χ1v) is 15.4. The Morgan fingerprint density at radius 3 is 1.75 bits per heavy atom. The highest BCUT2D eigenvalue weighted by molar-refractivity contribution is 5.67. The van der Waals surface area contributed by atoms with Crippen LogP contribution in [0.15, 0.2) is 121 Å². The summed E-state index contributed by atoms with van der Waals surface area (Å²) >= 11 is 0. The number of nitrogens with one attached hydrogen (secondary N) is 1. The van der Waals surface area contributed by atoms with Gasteiger partial charge in [0.2, 0.25) is 0 Å². The van der Waals surface area contributed by atoms with E-state index in [1.807, 2.05) is 93.6 Å². The summed E-state index contributed by atoms with van der Waals surface area (Å²) in [4.78, 5) is 12.4. The van der Waals surface area contributed by atoms with Gasteiger partial charge in [-0.15, -0.1) is 0 Å². The number of hydrogen-bond acceptors (Lipinski definition) is 5. The topological polar surface area (TPSA) is 66.0 Å². The molecular formula is C38H43NO5. The van der Waals surface area contributed by atoms with E-state index in [4.69, 9.17) is 18.9 Å². The van der Waals surface area contributed by atoms with Crippen molar-refractivity contribution in [1.82, 2.24) is 5.32 Å². The number of benzene rings is 4. The van der Waals surface area contributed by atoms with Gasteiger partial charge in [0.1, 0.15) is 17.3 Å². The molecule has 1 amide bonds. The van der Waals surface area contributed by atoms with E-state index in [0.717, 1.165) is 35.1 Å². The molecule has 5 rings (SSSR count). The minimum Gasteiger partial charge on any atom is -0.444 e. The number of rotatable bonds is 11. The highest BCUT2D eigenvalue weighted by atomic mass is 16.6. The van der Waals surface area contributed by atoms with E-state index in [1.54, 1.807) is 0 Å². The lowest BCUT2D eigenvalue weighted by atomic mass is 9.80. The summed E-state index contributed by atoms with van der Waals surface area (Å²) in [5, 5.41) is 2.88. The van der Waals surface area contributed by atoms with Crippen molar-refractivity contribution in [3.63, 3.8) is 0 Å². The first-order valence-electron chi connectivity index (χ1n) is 15.4. The van der Waals surface area contributed by atoms with Gasteiger partial charge >= 0.3 is 6.09 Å². The third-order valence-electron chi connectivity index (χ3n) is 7.74. The fourth-order valence-corrected chi connectivity index (χ4v) is 5.69. The Morgan fingerprint density at radius 2 is 1.25 bits per heavy atom. The Kier molecular flexibility index (Phi) is 10.5. The van der Waals surface area contributed by atoms with E-state index in [-0.39, 0.29) is 24.9 Å². The van der Waals surface area contributed by atoms with Crippen LogP contribution in [0.3, 0.4) is 0 Å². The van der Waals surface area contributed by atoms with Crippen LogP contribution in [0.25, 0.3) is 0 Å². The Hall–Kier alpha value is -3.97. The second kappa shape index (κ2) is 14.7. The average Bonchev–Trinajstić information content (AvgIpc) is 3.05. The molecule has 1 saturated heterocycles. The lowest BCUT2D eigenvalue weighted by Crippen LogP contribution is -2.48. The molecule has 4 aromatic rings. The maximum Gasteiger partial charge on any atom is 0.407 e. The number of hydrogen-bond donors (Lipinski definition) is 1. The van der Waals surface area contributed by atoms with Crippen molar-refractivity contribution in [2.45, 2.75) is 69.7 Å². The van der Waals surface area contributed by atoms with Crippen molar-refractivity contribution in [3.05, 3.63) is 144 Å². The molecule has 0 aromatic heterocycles. The van der Waals surface area contributed by atoms with Gasteiger partial charge in [-0.1, -0.05) is 121 Å². The molecule has 230 valence electrons. The van der Waals surface area contributed by atoms with E-state index in [9.17, 15) is 4.79 Å². The van der Waals surface area contributed by atoms with Crippen LogP contribution in [0.4, 0.5) is 4.79 Å². The van der Waals surface area contributed by atoms with Crippen LogP contribution in [0.2, 0.25) is 0 Å². The normalized spacial score (nSPS) is 18.8. The zero-order valence-corrected chi connectivity index (χ0v) is 25.9. The van der Waals surface area contributed by atoms with E-state index in [1.165, 1.54) is 0 Å². The fraction of sp³-hybridized carbons (Fsp3) is 0.342. The first kappa shape index (κ1) is 31.5. The minimum atomic E-state index is -0.876. The molecule has 1 fully saturated rings. The lowest BCUT2D eigenvalue weighted by Gasteiger charge is -2.41. The van der Waals surface area contributed by atoms with Gasteiger partial charge in [-0.2, -0.15) is 0 Å². The number of carbonyl (C=O) groups is 1. The molecular weight excluding hydrogens is 550 g/mol. The molecule has 0 bridgehead atoms. The third-order valence-corrected chi connectivity index (χ3v) is 7.74. The van der Waals surface area contributed by atoms with Crippen LogP contribution in [-0.2, 0) is 31.2 Å². The van der Waals surface area contributed by atoms with Crippen LogP contribution in [0.1, 0.15) is 55.9 Å². The highest BCUT2D eigenvalue weighted by Gasteiger charge is 2.41. The van der Waals surface area contributed by atoms with Crippen LogP contribution >= 0.6 is 0 Å². The highest BCUT2D eigenvalue weighted by Crippen LogP contribution is 2.41. The minimum absolute atomic E-state index is 0.187. The molecule has 1 N–H and O–H groups in total. The summed E-state index contributed by atoms with van der Waals surface area (Å²) in [7, 11) is 0. The van der Waals surface area contributed by atoms with Gasteiger partial charge in [-0.25, -0.2) is 4.79 Å². The first-order chi connectivity index (χ1) is 21.3. The van der Waals surface area contributed by atoms with E-state index < -0.39 is 17.3 Å². The predicted molar refractivity (Wildman–Crippen MR) is 172 cm³/mol. The monoisotopic (exact) mass is 593 g/mol. The van der Waals surface area contributed by atoms with E-state index in [0.29, 0.717) is 13.2 Å². The molecule has 44 heavy (non-hydrogen) atoms. The van der Waals surface area contributed by atoms with E-state index in [2.05, 4.69) is 53.8 Å². The largest absolute Gasteiger partial charge is 0.444 e. The molecule has 6 heteroatoms. The summed E-state index contributed by atoms with van der Waals surface area (Å²) in [5.74, 6) is 0. The Morgan fingerprint density at radius 1 is 0.750 bits per heavy atom. The number of ether oxygens (including phenoxy) is 4.